The second-order valence-corrected chi connectivity index (χ2v) is 8.29. The van der Waals surface area contributed by atoms with Crippen LogP contribution in [0.1, 0.15) is 130 Å². The van der Waals surface area contributed by atoms with Gasteiger partial charge in [-0.05, 0) is 6.42 Å². The Morgan fingerprint density at radius 1 is 0.679 bits per heavy atom. The zero-order valence-corrected chi connectivity index (χ0v) is 19.0. The fraction of sp³-hybridized carbons (Fsp3) is 0.917. The third-order valence-electron chi connectivity index (χ3n) is 5.30. The van der Waals surface area contributed by atoms with Gasteiger partial charge in [-0.2, -0.15) is 0 Å². The Hall–Kier alpha value is -1.06. The Balaban J connectivity index is 3.37. The molecule has 0 rings (SSSR count). The highest BCUT2D eigenvalue weighted by Gasteiger charge is 2.11. The van der Waals surface area contributed by atoms with Gasteiger partial charge in [-0.15, -0.1) is 0 Å². The molecule has 0 aliphatic carbocycles. The van der Waals surface area contributed by atoms with Gasteiger partial charge in [-0.1, -0.05) is 110 Å². The van der Waals surface area contributed by atoms with Crippen LogP contribution in [0.2, 0.25) is 0 Å². The van der Waals surface area contributed by atoms with Gasteiger partial charge in [0.2, 0.25) is 5.91 Å². The molecular weight excluding hydrogens is 350 g/mol. The SMILES string of the molecule is CCCCCCCCCCCCCCCCCC[C@H](COC(C)=O)NC(C)=O. The van der Waals surface area contributed by atoms with Crippen LogP contribution in [-0.4, -0.2) is 24.5 Å². The second-order valence-electron chi connectivity index (χ2n) is 8.29. The van der Waals surface area contributed by atoms with E-state index in [1.54, 1.807) is 0 Å². The van der Waals surface area contributed by atoms with E-state index < -0.39 is 0 Å². The number of carbonyl (C=O) groups is 2. The van der Waals surface area contributed by atoms with Crippen LogP contribution in [0, 0.1) is 0 Å². The van der Waals surface area contributed by atoms with E-state index in [0.717, 1.165) is 12.8 Å². The van der Waals surface area contributed by atoms with E-state index in [9.17, 15) is 9.59 Å². The normalized spacial score (nSPS) is 12.0. The van der Waals surface area contributed by atoms with Crippen molar-refractivity contribution in [1.29, 1.82) is 0 Å². The number of esters is 1. The van der Waals surface area contributed by atoms with E-state index in [4.69, 9.17) is 4.74 Å². The Morgan fingerprint density at radius 2 is 1.07 bits per heavy atom. The zero-order valence-electron chi connectivity index (χ0n) is 19.0. The molecule has 1 N–H and O–H groups in total. The summed E-state index contributed by atoms with van der Waals surface area (Å²) in [5.41, 5.74) is 0. The van der Waals surface area contributed by atoms with E-state index in [1.165, 1.54) is 110 Å². The Kier molecular flexibility index (Phi) is 19.9. The maximum Gasteiger partial charge on any atom is 0.302 e. The predicted octanol–water partition coefficient (Wildman–Crippen LogP) is 6.71. The van der Waals surface area contributed by atoms with E-state index in [2.05, 4.69) is 12.2 Å². The quantitative estimate of drug-likeness (QED) is 0.183. The summed E-state index contributed by atoms with van der Waals surface area (Å²) in [5.74, 6) is -0.351. The molecule has 28 heavy (non-hydrogen) atoms. The summed E-state index contributed by atoms with van der Waals surface area (Å²) in [5, 5.41) is 2.87. The van der Waals surface area contributed by atoms with Crippen molar-refractivity contribution < 1.29 is 14.3 Å². The molecule has 0 unspecified atom stereocenters. The molecule has 0 aromatic heterocycles. The summed E-state index contributed by atoms with van der Waals surface area (Å²) in [7, 11) is 0. The van der Waals surface area contributed by atoms with Gasteiger partial charge < -0.3 is 10.1 Å². The van der Waals surface area contributed by atoms with Crippen molar-refractivity contribution in [2.45, 2.75) is 136 Å². The van der Waals surface area contributed by atoms with Crippen molar-refractivity contribution in [1.82, 2.24) is 5.32 Å². The first-order valence-corrected chi connectivity index (χ1v) is 12.0. The van der Waals surface area contributed by atoms with Gasteiger partial charge in [0.05, 0.1) is 6.04 Å². The van der Waals surface area contributed by atoms with Gasteiger partial charge in [0, 0.05) is 13.8 Å². The molecule has 0 fully saturated rings. The molecule has 0 spiro atoms. The molecule has 0 saturated heterocycles. The average Bonchev–Trinajstić information content (AvgIpc) is 2.65. The van der Waals surface area contributed by atoms with Crippen LogP contribution in [-0.2, 0) is 14.3 Å². The van der Waals surface area contributed by atoms with Gasteiger partial charge in [0.25, 0.3) is 0 Å². The lowest BCUT2D eigenvalue weighted by Gasteiger charge is -2.17. The van der Waals surface area contributed by atoms with Crippen LogP contribution in [0.25, 0.3) is 0 Å². The van der Waals surface area contributed by atoms with Gasteiger partial charge in [0.1, 0.15) is 6.61 Å². The minimum absolute atomic E-state index is 0.0481. The minimum atomic E-state index is -0.290. The highest BCUT2D eigenvalue weighted by Crippen LogP contribution is 2.14. The Labute approximate surface area is 174 Å². The van der Waals surface area contributed by atoms with Crippen molar-refractivity contribution in [3.63, 3.8) is 0 Å². The number of hydrogen-bond acceptors (Lipinski definition) is 3. The van der Waals surface area contributed by atoms with Crippen LogP contribution in [0.15, 0.2) is 0 Å². The van der Waals surface area contributed by atoms with Crippen molar-refractivity contribution in [2.75, 3.05) is 6.61 Å². The van der Waals surface area contributed by atoms with Crippen LogP contribution < -0.4 is 5.32 Å². The molecule has 0 aromatic rings. The van der Waals surface area contributed by atoms with Crippen molar-refractivity contribution in [3.05, 3.63) is 0 Å². The lowest BCUT2D eigenvalue weighted by Crippen LogP contribution is -2.37. The topological polar surface area (TPSA) is 55.4 Å². The van der Waals surface area contributed by atoms with E-state index in [1.807, 2.05) is 0 Å². The molecule has 4 nitrogen and oxygen atoms in total. The van der Waals surface area contributed by atoms with Crippen LogP contribution in [0.4, 0.5) is 0 Å². The molecule has 4 heteroatoms. The summed E-state index contributed by atoms with van der Waals surface area (Å²) in [6.45, 7) is 5.47. The number of carbonyl (C=O) groups excluding carboxylic acids is 2. The van der Waals surface area contributed by atoms with E-state index in [-0.39, 0.29) is 24.5 Å². The Bertz CT molecular complexity index is 371. The van der Waals surface area contributed by atoms with Gasteiger partial charge in [-0.25, -0.2) is 0 Å². The maximum absolute atomic E-state index is 11.2. The summed E-state index contributed by atoms with van der Waals surface area (Å²) >= 11 is 0. The van der Waals surface area contributed by atoms with E-state index >= 15 is 0 Å². The molecule has 0 aliphatic heterocycles. The average molecular weight is 398 g/mol. The fourth-order valence-electron chi connectivity index (χ4n) is 3.64. The molecule has 166 valence electrons. The summed E-state index contributed by atoms with van der Waals surface area (Å²) in [4.78, 5) is 22.1. The smallest absolute Gasteiger partial charge is 0.302 e. The molecule has 0 saturated carbocycles. The number of ether oxygens (including phenoxy) is 1. The van der Waals surface area contributed by atoms with Crippen molar-refractivity contribution in [3.8, 4) is 0 Å². The maximum atomic E-state index is 11.2. The number of amides is 1. The van der Waals surface area contributed by atoms with Gasteiger partial charge in [-0.3, -0.25) is 9.59 Å². The third-order valence-corrected chi connectivity index (χ3v) is 5.30. The molecule has 0 heterocycles. The molecule has 0 aliphatic rings. The third kappa shape index (κ3) is 21.2. The first-order chi connectivity index (χ1) is 13.6. The molecule has 0 radical (unpaired) electrons. The van der Waals surface area contributed by atoms with Crippen molar-refractivity contribution in [2.24, 2.45) is 0 Å². The Morgan fingerprint density at radius 3 is 1.43 bits per heavy atom. The molecule has 0 bridgehead atoms. The monoisotopic (exact) mass is 397 g/mol. The zero-order chi connectivity index (χ0) is 20.9. The molecular formula is C24H47NO3. The summed E-state index contributed by atoms with van der Waals surface area (Å²) < 4.78 is 5.03. The second kappa shape index (κ2) is 20.7. The highest BCUT2D eigenvalue weighted by molar-refractivity contribution is 5.73. The van der Waals surface area contributed by atoms with Crippen LogP contribution in [0.5, 0.6) is 0 Å². The standard InChI is InChI=1S/C24H47NO3/c1-4-5-6-7-8-9-10-11-12-13-14-15-16-17-18-19-20-24(25-22(2)26)21-28-23(3)27/h24H,4-21H2,1-3H3,(H,25,26)/t24-/m1/s1. The van der Waals surface area contributed by atoms with Gasteiger partial charge in [0.15, 0.2) is 0 Å². The van der Waals surface area contributed by atoms with Gasteiger partial charge >= 0.3 is 5.97 Å². The summed E-state index contributed by atoms with van der Waals surface area (Å²) in [6, 6.07) is -0.0481. The highest BCUT2D eigenvalue weighted by atomic mass is 16.5. The molecule has 0 aromatic carbocycles. The van der Waals surface area contributed by atoms with Crippen LogP contribution in [0.3, 0.4) is 0 Å². The fourth-order valence-corrected chi connectivity index (χ4v) is 3.64. The number of rotatable bonds is 20. The predicted molar refractivity (Wildman–Crippen MR) is 118 cm³/mol. The number of nitrogens with one attached hydrogen (secondary N) is 1. The largest absolute Gasteiger partial charge is 0.464 e. The lowest BCUT2D eigenvalue weighted by atomic mass is 10.0. The first kappa shape index (κ1) is 26.9. The molecule has 1 atom stereocenters. The van der Waals surface area contributed by atoms with Crippen molar-refractivity contribution >= 4 is 11.9 Å². The minimum Gasteiger partial charge on any atom is -0.464 e. The first-order valence-electron chi connectivity index (χ1n) is 12.0. The van der Waals surface area contributed by atoms with Crippen LogP contribution >= 0.6 is 0 Å². The van der Waals surface area contributed by atoms with E-state index in [0.29, 0.717) is 0 Å². The molecule has 1 amide bonds. The number of unbranched alkanes of at least 4 members (excludes halogenated alkanes) is 15. The summed E-state index contributed by atoms with van der Waals surface area (Å²) in [6.07, 6.45) is 22.6. The lowest BCUT2D eigenvalue weighted by molar-refractivity contribution is -0.142. The number of hydrogen-bond donors (Lipinski definition) is 1.